The summed E-state index contributed by atoms with van der Waals surface area (Å²) < 4.78 is 0. The van der Waals surface area contributed by atoms with Crippen LogP contribution in [0.5, 0.6) is 0 Å². The first-order valence-electron chi connectivity index (χ1n) is 7.91. The van der Waals surface area contributed by atoms with Crippen molar-refractivity contribution in [2.24, 2.45) is 5.92 Å². The van der Waals surface area contributed by atoms with Crippen molar-refractivity contribution in [1.82, 2.24) is 10.2 Å². The lowest BCUT2D eigenvalue weighted by molar-refractivity contribution is 0.0748. The van der Waals surface area contributed by atoms with E-state index >= 15 is 0 Å². The fourth-order valence-electron chi connectivity index (χ4n) is 3.68. The Morgan fingerprint density at radius 3 is 2.72 bits per heavy atom. The SMILES string of the molecule is CCNC1CCCN(CC(O)CC2CCCC2)C1. The van der Waals surface area contributed by atoms with E-state index < -0.39 is 0 Å². The topological polar surface area (TPSA) is 35.5 Å². The van der Waals surface area contributed by atoms with Crippen LogP contribution in [0, 0.1) is 5.92 Å². The molecule has 0 amide bonds. The van der Waals surface area contributed by atoms with E-state index in [0.717, 1.165) is 32.0 Å². The van der Waals surface area contributed by atoms with E-state index in [9.17, 15) is 5.11 Å². The lowest BCUT2D eigenvalue weighted by atomic mass is 9.98. The average Bonchev–Trinajstić information content (AvgIpc) is 2.82. The summed E-state index contributed by atoms with van der Waals surface area (Å²) in [7, 11) is 0. The maximum Gasteiger partial charge on any atom is 0.0669 e. The van der Waals surface area contributed by atoms with Gasteiger partial charge in [-0.3, -0.25) is 4.90 Å². The second kappa shape index (κ2) is 7.46. The Morgan fingerprint density at radius 1 is 1.22 bits per heavy atom. The first kappa shape index (κ1) is 14.3. The Bertz CT molecular complexity index is 227. The van der Waals surface area contributed by atoms with Gasteiger partial charge in [0.25, 0.3) is 0 Å². The quantitative estimate of drug-likeness (QED) is 0.761. The Balaban J connectivity index is 1.67. The van der Waals surface area contributed by atoms with Crippen LogP contribution in [0.1, 0.15) is 51.9 Å². The molecule has 1 saturated carbocycles. The minimum absolute atomic E-state index is 0.103. The van der Waals surface area contributed by atoms with Gasteiger partial charge in [0.15, 0.2) is 0 Å². The number of likely N-dealkylation sites (N-methyl/N-ethyl adjacent to an activating group) is 1. The highest BCUT2D eigenvalue weighted by Gasteiger charge is 2.23. The summed E-state index contributed by atoms with van der Waals surface area (Å²) in [6.45, 7) is 6.41. The van der Waals surface area contributed by atoms with Crippen molar-refractivity contribution in [2.45, 2.75) is 64.0 Å². The minimum atomic E-state index is -0.103. The van der Waals surface area contributed by atoms with Crippen molar-refractivity contribution >= 4 is 0 Å². The van der Waals surface area contributed by atoms with Crippen LogP contribution in [-0.2, 0) is 0 Å². The highest BCUT2D eigenvalue weighted by atomic mass is 16.3. The van der Waals surface area contributed by atoms with Gasteiger partial charge in [0.05, 0.1) is 6.10 Å². The predicted octanol–water partition coefficient (Wildman–Crippen LogP) is 2.00. The summed E-state index contributed by atoms with van der Waals surface area (Å²) in [5, 5.41) is 13.8. The molecule has 1 saturated heterocycles. The Kier molecular flexibility index (Phi) is 5.93. The molecule has 0 radical (unpaired) electrons. The van der Waals surface area contributed by atoms with Crippen molar-refractivity contribution in [3.05, 3.63) is 0 Å². The molecule has 2 atom stereocenters. The fourth-order valence-corrected chi connectivity index (χ4v) is 3.68. The first-order valence-corrected chi connectivity index (χ1v) is 7.91. The van der Waals surface area contributed by atoms with Gasteiger partial charge < -0.3 is 10.4 Å². The second-order valence-corrected chi connectivity index (χ2v) is 6.20. The van der Waals surface area contributed by atoms with Crippen molar-refractivity contribution in [3.63, 3.8) is 0 Å². The smallest absolute Gasteiger partial charge is 0.0669 e. The van der Waals surface area contributed by atoms with Gasteiger partial charge >= 0.3 is 0 Å². The Hall–Kier alpha value is -0.120. The molecule has 2 aliphatic rings. The highest BCUT2D eigenvalue weighted by Crippen LogP contribution is 2.28. The number of aliphatic hydroxyl groups excluding tert-OH is 1. The van der Waals surface area contributed by atoms with E-state index in [2.05, 4.69) is 17.1 Å². The summed E-state index contributed by atoms with van der Waals surface area (Å²) in [4.78, 5) is 2.45. The molecule has 0 aromatic heterocycles. The summed E-state index contributed by atoms with van der Waals surface area (Å²) >= 11 is 0. The third kappa shape index (κ3) is 4.52. The molecule has 0 bridgehead atoms. The largest absolute Gasteiger partial charge is 0.392 e. The zero-order chi connectivity index (χ0) is 12.8. The van der Waals surface area contributed by atoms with Gasteiger partial charge in [-0.1, -0.05) is 32.6 Å². The van der Waals surface area contributed by atoms with Crippen molar-refractivity contribution < 1.29 is 5.11 Å². The maximum atomic E-state index is 10.2. The second-order valence-electron chi connectivity index (χ2n) is 6.20. The number of nitrogens with zero attached hydrogens (tertiary/aromatic N) is 1. The third-order valence-corrected chi connectivity index (χ3v) is 4.55. The standard InChI is InChI=1S/C15H30N2O/c1-2-16-14-8-5-9-17(11-14)12-15(18)10-13-6-3-4-7-13/h13-16,18H,2-12H2,1H3. The molecular weight excluding hydrogens is 224 g/mol. The van der Waals surface area contributed by atoms with Crippen LogP contribution < -0.4 is 5.32 Å². The van der Waals surface area contributed by atoms with E-state index in [-0.39, 0.29) is 6.10 Å². The van der Waals surface area contributed by atoms with Crippen LogP contribution >= 0.6 is 0 Å². The lowest BCUT2D eigenvalue weighted by Crippen LogP contribution is -2.47. The van der Waals surface area contributed by atoms with Crippen LogP contribution in [0.25, 0.3) is 0 Å². The molecule has 3 heteroatoms. The van der Waals surface area contributed by atoms with E-state index in [1.165, 1.54) is 45.1 Å². The average molecular weight is 254 g/mol. The van der Waals surface area contributed by atoms with Gasteiger partial charge in [-0.15, -0.1) is 0 Å². The zero-order valence-electron chi connectivity index (χ0n) is 11.9. The molecule has 0 aromatic carbocycles. The predicted molar refractivity (Wildman–Crippen MR) is 75.7 cm³/mol. The molecule has 0 aromatic rings. The van der Waals surface area contributed by atoms with E-state index in [1.807, 2.05) is 0 Å². The van der Waals surface area contributed by atoms with Gasteiger partial charge in [0, 0.05) is 19.1 Å². The highest BCUT2D eigenvalue weighted by molar-refractivity contribution is 4.80. The van der Waals surface area contributed by atoms with Crippen molar-refractivity contribution in [2.75, 3.05) is 26.2 Å². The molecule has 1 aliphatic carbocycles. The summed E-state index contributed by atoms with van der Waals surface area (Å²) in [6, 6.07) is 0.641. The van der Waals surface area contributed by atoms with Crippen molar-refractivity contribution in [1.29, 1.82) is 0 Å². The Morgan fingerprint density at radius 2 is 2.00 bits per heavy atom. The summed E-state index contributed by atoms with van der Waals surface area (Å²) in [5.41, 5.74) is 0. The zero-order valence-corrected chi connectivity index (χ0v) is 11.9. The number of aliphatic hydroxyl groups is 1. The molecule has 2 rings (SSSR count). The number of β-amino-alcohol motifs (C(OH)–C–C–N with tert-alkyl or cyclic N) is 1. The first-order chi connectivity index (χ1) is 8.78. The Labute approximate surface area is 112 Å². The molecule has 2 fully saturated rings. The van der Waals surface area contributed by atoms with Crippen LogP contribution in [0.2, 0.25) is 0 Å². The number of nitrogens with one attached hydrogen (secondary N) is 1. The van der Waals surface area contributed by atoms with Gasteiger partial charge in [0.1, 0.15) is 0 Å². The monoisotopic (exact) mass is 254 g/mol. The van der Waals surface area contributed by atoms with Crippen molar-refractivity contribution in [3.8, 4) is 0 Å². The van der Waals surface area contributed by atoms with Gasteiger partial charge in [-0.05, 0) is 38.3 Å². The molecule has 18 heavy (non-hydrogen) atoms. The number of likely N-dealkylation sites (tertiary alicyclic amines) is 1. The molecule has 3 nitrogen and oxygen atoms in total. The van der Waals surface area contributed by atoms with E-state index in [0.29, 0.717) is 6.04 Å². The van der Waals surface area contributed by atoms with Crippen LogP contribution in [0.15, 0.2) is 0 Å². The normalized spacial score (nSPS) is 28.7. The van der Waals surface area contributed by atoms with E-state index in [1.54, 1.807) is 0 Å². The molecular formula is C15H30N2O. The summed E-state index contributed by atoms with van der Waals surface area (Å²) in [6.07, 6.45) is 8.94. The van der Waals surface area contributed by atoms with Crippen LogP contribution in [-0.4, -0.2) is 48.3 Å². The van der Waals surface area contributed by atoms with Gasteiger partial charge in [-0.25, -0.2) is 0 Å². The lowest BCUT2D eigenvalue weighted by Gasteiger charge is -2.34. The maximum absolute atomic E-state index is 10.2. The molecule has 1 aliphatic heterocycles. The number of hydrogen-bond acceptors (Lipinski definition) is 3. The fraction of sp³-hybridized carbons (Fsp3) is 1.00. The number of hydrogen-bond donors (Lipinski definition) is 2. The molecule has 2 unspecified atom stereocenters. The molecule has 0 spiro atoms. The number of rotatable bonds is 6. The molecule has 2 N–H and O–H groups in total. The van der Waals surface area contributed by atoms with Crippen LogP contribution in [0.4, 0.5) is 0 Å². The minimum Gasteiger partial charge on any atom is -0.392 e. The third-order valence-electron chi connectivity index (χ3n) is 4.55. The molecule has 106 valence electrons. The molecule has 1 heterocycles. The van der Waals surface area contributed by atoms with Gasteiger partial charge in [-0.2, -0.15) is 0 Å². The van der Waals surface area contributed by atoms with E-state index in [4.69, 9.17) is 0 Å². The van der Waals surface area contributed by atoms with Crippen LogP contribution in [0.3, 0.4) is 0 Å². The van der Waals surface area contributed by atoms with Gasteiger partial charge in [0.2, 0.25) is 0 Å². The summed E-state index contributed by atoms with van der Waals surface area (Å²) in [5.74, 6) is 0.800. The number of piperidine rings is 1.